The van der Waals surface area contributed by atoms with Gasteiger partial charge in [0.2, 0.25) is 0 Å². The van der Waals surface area contributed by atoms with E-state index in [0.29, 0.717) is 6.04 Å². The molecule has 0 radical (unpaired) electrons. The molecule has 0 aliphatic carbocycles. The van der Waals surface area contributed by atoms with Gasteiger partial charge in [-0.05, 0) is 45.2 Å². The minimum absolute atomic E-state index is 0.586. The Balaban J connectivity index is 2.79. The van der Waals surface area contributed by atoms with Crippen molar-refractivity contribution in [1.82, 2.24) is 15.1 Å². The lowest BCUT2D eigenvalue weighted by Gasteiger charge is -2.27. The van der Waals surface area contributed by atoms with Crippen LogP contribution in [0.15, 0.2) is 6.07 Å². The fourth-order valence-corrected chi connectivity index (χ4v) is 3.15. The molecule has 0 bridgehead atoms. The first kappa shape index (κ1) is 18.2. The molecule has 0 fully saturated rings. The highest BCUT2D eigenvalue weighted by molar-refractivity contribution is 5.11. The standard InChI is InChI=1S/C18H35N3/c1-6-10-11-16(8-3)18(19-12-7-2)14-17-13-15(5)20-21(17)9-4/h13,16,18-19H,6-12,14H2,1-5H3. The Morgan fingerprint density at radius 1 is 1.19 bits per heavy atom. The molecular formula is C18H35N3. The Bertz CT molecular complexity index is 384. The summed E-state index contributed by atoms with van der Waals surface area (Å²) >= 11 is 0. The number of nitrogens with zero attached hydrogens (tertiary/aromatic N) is 2. The molecule has 0 saturated heterocycles. The number of hydrogen-bond donors (Lipinski definition) is 1. The third-order valence-corrected chi connectivity index (χ3v) is 4.39. The predicted molar refractivity (Wildman–Crippen MR) is 91.7 cm³/mol. The largest absolute Gasteiger partial charge is 0.313 e. The van der Waals surface area contributed by atoms with Gasteiger partial charge in [0.05, 0.1) is 5.69 Å². The summed E-state index contributed by atoms with van der Waals surface area (Å²) in [6.07, 6.45) is 7.55. The van der Waals surface area contributed by atoms with E-state index < -0.39 is 0 Å². The Morgan fingerprint density at radius 3 is 2.52 bits per heavy atom. The van der Waals surface area contributed by atoms with Gasteiger partial charge in [0.1, 0.15) is 0 Å². The number of unbranched alkanes of at least 4 members (excludes halogenated alkanes) is 1. The molecule has 1 rings (SSSR count). The fourth-order valence-electron chi connectivity index (χ4n) is 3.15. The average Bonchev–Trinajstić information content (AvgIpc) is 2.84. The van der Waals surface area contributed by atoms with E-state index in [1.165, 1.54) is 37.8 Å². The Morgan fingerprint density at radius 2 is 1.95 bits per heavy atom. The van der Waals surface area contributed by atoms with E-state index in [2.05, 4.69) is 55.8 Å². The molecule has 0 amide bonds. The van der Waals surface area contributed by atoms with Crippen molar-refractivity contribution in [3.8, 4) is 0 Å². The van der Waals surface area contributed by atoms with Crippen LogP contribution in [-0.4, -0.2) is 22.4 Å². The van der Waals surface area contributed by atoms with Gasteiger partial charge in [0.25, 0.3) is 0 Å². The van der Waals surface area contributed by atoms with Gasteiger partial charge in [0.15, 0.2) is 0 Å². The first-order chi connectivity index (χ1) is 10.2. The number of nitrogens with one attached hydrogen (secondary N) is 1. The maximum atomic E-state index is 4.60. The van der Waals surface area contributed by atoms with Gasteiger partial charge in [-0.25, -0.2) is 0 Å². The van der Waals surface area contributed by atoms with Crippen LogP contribution in [0, 0.1) is 12.8 Å². The van der Waals surface area contributed by atoms with Crippen LogP contribution >= 0.6 is 0 Å². The first-order valence-electron chi connectivity index (χ1n) is 8.92. The van der Waals surface area contributed by atoms with Crippen molar-refractivity contribution < 1.29 is 0 Å². The molecule has 3 nitrogen and oxygen atoms in total. The van der Waals surface area contributed by atoms with E-state index in [0.717, 1.165) is 31.1 Å². The summed E-state index contributed by atoms with van der Waals surface area (Å²) in [4.78, 5) is 0. The monoisotopic (exact) mass is 293 g/mol. The van der Waals surface area contributed by atoms with Gasteiger partial charge in [0, 0.05) is 24.7 Å². The molecule has 0 spiro atoms. The van der Waals surface area contributed by atoms with Gasteiger partial charge in [-0.2, -0.15) is 5.10 Å². The molecule has 21 heavy (non-hydrogen) atoms. The van der Waals surface area contributed by atoms with E-state index in [-0.39, 0.29) is 0 Å². The third-order valence-electron chi connectivity index (χ3n) is 4.39. The number of aromatic nitrogens is 2. The fraction of sp³-hybridized carbons (Fsp3) is 0.833. The molecule has 0 aliphatic heterocycles. The van der Waals surface area contributed by atoms with E-state index in [9.17, 15) is 0 Å². The maximum absolute atomic E-state index is 4.60. The lowest BCUT2D eigenvalue weighted by molar-refractivity contribution is 0.311. The van der Waals surface area contributed by atoms with Crippen molar-refractivity contribution in [3.63, 3.8) is 0 Å². The van der Waals surface area contributed by atoms with E-state index in [1.54, 1.807) is 0 Å². The summed E-state index contributed by atoms with van der Waals surface area (Å²) in [5.74, 6) is 0.775. The molecule has 2 atom stereocenters. The van der Waals surface area contributed by atoms with Crippen LogP contribution in [0.25, 0.3) is 0 Å². The smallest absolute Gasteiger partial charge is 0.0596 e. The van der Waals surface area contributed by atoms with Gasteiger partial charge >= 0.3 is 0 Å². The molecule has 0 saturated carbocycles. The van der Waals surface area contributed by atoms with Crippen LogP contribution in [0.3, 0.4) is 0 Å². The minimum atomic E-state index is 0.586. The molecule has 1 heterocycles. The molecular weight excluding hydrogens is 258 g/mol. The number of aryl methyl sites for hydroxylation is 2. The van der Waals surface area contributed by atoms with Crippen LogP contribution in [0.5, 0.6) is 0 Å². The van der Waals surface area contributed by atoms with E-state index >= 15 is 0 Å². The summed E-state index contributed by atoms with van der Waals surface area (Å²) < 4.78 is 2.17. The predicted octanol–water partition coefficient (Wildman–Crippen LogP) is 4.34. The van der Waals surface area contributed by atoms with Gasteiger partial charge in [-0.3, -0.25) is 4.68 Å². The first-order valence-corrected chi connectivity index (χ1v) is 8.92. The van der Waals surface area contributed by atoms with Crippen LogP contribution < -0.4 is 5.32 Å². The SMILES string of the molecule is CCCCC(CC)C(Cc1cc(C)nn1CC)NCCC. The van der Waals surface area contributed by atoms with Gasteiger partial charge < -0.3 is 5.32 Å². The van der Waals surface area contributed by atoms with E-state index in [1.807, 2.05) is 0 Å². The highest BCUT2D eigenvalue weighted by Crippen LogP contribution is 2.21. The number of hydrogen-bond acceptors (Lipinski definition) is 2. The molecule has 3 heteroatoms. The molecule has 0 aromatic carbocycles. The van der Waals surface area contributed by atoms with Crippen LogP contribution in [0.2, 0.25) is 0 Å². The zero-order valence-corrected chi connectivity index (χ0v) is 14.8. The molecule has 0 aliphatic rings. The zero-order chi connectivity index (χ0) is 15.7. The van der Waals surface area contributed by atoms with Crippen molar-refractivity contribution in [2.24, 2.45) is 5.92 Å². The lowest BCUT2D eigenvalue weighted by Crippen LogP contribution is -2.39. The Kier molecular flexibility index (Phi) is 8.67. The van der Waals surface area contributed by atoms with Crippen molar-refractivity contribution in [2.45, 2.75) is 85.7 Å². The molecule has 1 aromatic heterocycles. The second-order valence-electron chi connectivity index (χ2n) is 6.17. The topological polar surface area (TPSA) is 29.9 Å². The second kappa shape index (κ2) is 9.99. The summed E-state index contributed by atoms with van der Waals surface area (Å²) in [5, 5.41) is 8.40. The van der Waals surface area contributed by atoms with Crippen molar-refractivity contribution >= 4 is 0 Å². The normalized spacial score (nSPS) is 14.3. The van der Waals surface area contributed by atoms with Gasteiger partial charge in [-0.1, -0.05) is 40.0 Å². The number of rotatable bonds is 11. The maximum Gasteiger partial charge on any atom is 0.0596 e. The second-order valence-corrected chi connectivity index (χ2v) is 6.17. The van der Waals surface area contributed by atoms with Crippen molar-refractivity contribution in [2.75, 3.05) is 6.54 Å². The van der Waals surface area contributed by atoms with Crippen LogP contribution in [0.4, 0.5) is 0 Å². The Labute approximate surface area is 131 Å². The summed E-state index contributed by atoms with van der Waals surface area (Å²) in [6.45, 7) is 13.2. The highest BCUT2D eigenvalue weighted by Gasteiger charge is 2.21. The van der Waals surface area contributed by atoms with E-state index in [4.69, 9.17) is 0 Å². The molecule has 122 valence electrons. The highest BCUT2D eigenvalue weighted by atomic mass is 15.3. The van der Waals surface area contributed by atoms with Crippen LogP contribution in [0.1, 0.15) is 71.2 Å². The van der Waals surface area contributed by atoms with Crippen LogP contribution in [-0.2, 0) is 13.0 Å². The molecule has 1 N–H and O–H groups in total. The third kappa shape index (κ3) is 5.82. The summed E-state index contributed by atoms with van der Waals surface area (Å²) in [7, 11) is 0. The molecule has 2 unspecified atom stereocenters. The van der Waals surface area contributed by atoms with Gasteiger partial charge in [-0.15, -0.1) is 0 Å². The van der Waals surface area contributed by atoms with Crippen molar-refractivity contribution in [3.05, 3.63) is 17.5 Å². The minimum Gasteiger partial charge on any atom is -0.313 e. The summed E-state index contributed by atoms with van der Waals surface area (Å²) in [6, 6.07) is 2.85. The van der Waals surface area contributed by atoms with Crippen molar-refractivity contribution in [1.29, 1.82) is 0 Å². The summed E-state index contributed by atoms with van der Waals surface area (Å²) in [5.41, 5.74) is 2.53. The average molecular weight is 293 g/mol. The Hall–Kier alpha value is -0.830. The lowest BCUT2D eigenvalue weighted by atomic mass is 9.88. The quantitative estimate of drug-likeness (QED) is 0.658. The zero-order valence-electron chi connectivity index (χ0n) is 14.8. The molecule has 1 aromatic rings.